The maximum absolute atomic E-state index is 14.3. The number of hydrogen-bond acceptors (Lipinski definition) is 4. The zero-order chi connectivity index (χ0) is 29.8. The SMILES string of the molecule is Cc1cc(Cl)c(C(=O)CC(NC(=O)c2cnn(C3CCC(C)(C(=O)O)CC3)c2C(F)(F)F)[C@@H]2CC2(C)C)c(Cl)c1. The predicted octanol–water partition coefficient (Wildman–Crippen LogP) is 7.14. The second-order valence-electron chi connectivity index (χ2n) is 12.1. The number of Topliss-reactive ketones (excluding diaryl/α,β-unsaturated/α-hetero) is 1. The zero-order valence-electron chi connectivity index (χ0n) is 22.7. The summed E-state index contributed by atoms with van der Waals surface area (Å²) in [5.74, 6) is -2.52. The topological polar surface area (TPSA) is 101 Å². The standard InChI is InChI=1S/C28H32Cl2F3N3O4/c1-14-9-18(29)22(19(30)10-14)21(37)11-20(17-12-26(17,2)3)35-24(38)16-13-34-36(23(16)28(31,32)33)15-5-7-27(4,8-6-15)25(39)40/h9-10,13,15,17,20H,5-8,11-12H2,1-4H3,(H,35,38)(H,39,40)/t15?,17-,20?,27?/m0/s1. The Kier molecular flexibility index (Phi) is 8.10. The van der Waals surface area contributed by atoms with Crippen LogP contribution in [0.25, 0.3) is 0 Å². The van der Waals surface area contributed by atoms with Gasteiger partial charge in [0, 0.05) is 12.5 Å². The predicted molar refractivity (Wildman–Crippen MR) is 144 cm³/mol. The van der Waals surface area contributed by atoms with Gasteiger partial charge < -0.3 is 10.4 Å². The number of aryl methyl sites for hydroxylation is 1. The quantitative estimate of drug-likeness (QED) is 0.313. The van der Waals surface area contributed by atoms with Gasteiger partial charge >= 0.3 is 12.1 Å². The van der Waals surface area contributed by atoms with Gasteiger partial charge in [0.1, 0.15) is 0 Å². The number of nitrogens with one attached hydrogen (secondary N) is 1. The fourth-order valence-corrected chi connectivity index (χ4v) is 6.60. The Hall–Kier alpha value is -2.59. The number of nitrogens with zero attached hydrogens (tertiary/aromatic N) is 2. The minimum absolute atomic E-state index is 0.112. The molecule has 0 aliphatic heterocycles. The number of amides is 1. The molecule has 40 heavy (non-hydrogen) atoms. The first kappa shape index (κ1) is 30.4. The molecule has 1 unspecified atom stereocenters. The van der Waals surface area contributed by atoms with Crippen molar-refractivity contribution in [2.75, 3.05) is 0 Å². The zero-order valence-corrected chi connectivity index (χ0v) is 24.2. The Morgan fingerprint density at radius 2 is 1.70 bits per heavy atom. The van der Waals surface area contributed by atoms with Gasteiger partial charge in [0.15, 0.2) is 11.5 Å². The molecule has 1 amide bonds. The molecule has 2 N–H and O–H groups in total. The summed E-state index contributed by atoms with van der Waals surface area (Å²) in [5.41, 5.74) is -2.17. The molecule has 2 aliphatic rings. The van der Waals surface area contributed by atoms with Crippen LogP contribution in [0.15, 0.2) is 18.3 Å². The van der Waals surface area contributed by atoms with Crippen molar-refractivity contribution in [2.24, 2.45) is 16.7 Å². The number of carbonyl (C=O) groups excluding carboxylic acids is 2. The first-order valence-corrected chi connectivity index (χ1v) is 13.9. The van der Waals surface area contributed by atoms with Gasteiger partial charge in [-0.15, -0.1) is 0 Å². The van der Waals surface area contributed by atoms with Crippen LogP contribution in [-0.4, -0.2) is 38.6 Å². The van der Waals surface area contributed by atoms with Crippen LogP contribution in [0, 0.1) is 23.7 Å². The van der Waals surface area contributed by atoms with Crippen LogP contribution < -0.4 is 5.32 Å². The van der Waals surface area contributed by atoms with E-state index in [1.165, 1.54) is 0 Å². The number of aromatic nitrogens is 2. The molecule has 1 aromatic carbocycles. The van der Waals surface area contributed by atoms with Gasteiger partial charge in [0.25, 0.3) is 5.91 Å². The van der Waals surface area contributed by atoms with Crippen molar-refractivity contribution in [3.8, 4) is 0 Å². The molecular formula is C28H32Cl2F3N3O4. The van der Waals surface area contributed by atoms with E-state index in [2.05, 4.69) is 10.4 Å². The highest BCUT2D eigenvalue weighted by molar-refractivity contribution is 6.40. The molecule has 2 aromatic rings. The average molecular weight is 602 g/mol. The Labute approximate surface area is 240 Å². The molecule has 2 aliphatic carbocycles. The van der Waals surface area contributed by atoms with Crippen LogP contribution in [0.3, 0.4) is 0 Å². The molecule has 7 nitrogen and oxygen atoms in total. The van der Waals surface area contributed by atoms with Crippen molar-refractivity contribution in [1.82, 2.24) is 15.1 Å². The van der Waals surface area contributed by atoms with Crippen LogP contribution in [0.4, 0.5) is 13.2 Å². The number of rotatable bonds is 8. The van der Waals surface area contributed by atoms with Crippen molar-refractivity contribution >= 4 is 40.9 Å². The van der Waals surface area contributed by atoms with E-state index in [1.807, 2.05) is 13.8 Å². The smallest absolute Gasteiger partial charge is 0.433 e. The third kappa shape index (κ3) is 6.03. The molecule has 0 saturated heterocycles. The van der Waals surface area contributed by atoms with Gasteiger partial charge in [-0.3, -0.25) is 19.1 Å². The van der Waals surface area contributed by atoms with Crippen LogP contribution in [-0.2, 0) is 11.0 Å². The summed E-state index contributed by atoms with van der Waals surface area (Å²) < 4.78 is 43.7. The number of alkyl halides is 3. The van der Waals surface area contributed by atoms with Crippen LogP contribution in [0.1, 0.15) is 97.3 Å². The molecule has 4 rings (SSSR count). The number of carboxylic acid groups (broad SMARTS) is 1. The lowest BCUT2D eigenvalue weighted by atomic mass is 9.74. The summed E-state index contributed by atoms with van der Waals surface area (Å²) >= 11 is 12.6. The molecule has 1 aromatic heterocycles. The lowest BCUT2D eigenvalue weighted by Gasteiger charge is -2.34. The fourth-order valence-electron chi connectivity index (χ4n) is 5.79. The molecule has 0 radical (unpaired) electrons. The highest BCUT2D eigenvalue weighted by atomic mass is 35.5. The summed E-state index contributed by atoms with van der Waals surface area (Å²) in [4.78, 5) is 38.2. The van der Waals surface area contributed by atoms with Gasteiger partial charge in [-0.05, 0) is 75.0 Å². The molecule has 0 bridgehead atoms. The van der Waals surface area contributed by atoms with Gasteiger partial charge in [0.2, 0.25) is 0 Å². The van der Waals surface area contributed by atoms with E-state index in [0.29, 0.717) is 6.42 Å². The Bertz CT molecular complexity index is 1320. The normalized spacial score (nSPS) is 24.8. The van der Waals surface area contributed by atoms with Crippen LogP contribution in [0.5, 0.6) is 0 Å². The molecule has 0 spiro atoms. The molecule has 12 heteroatoms. The van der Waals surface area contributed by atoms with Crippen molar-refractivity contribution in [3.05, 3.63) is 50.8 Å². The van der Waals surface area contributed by atoms with E-state index in [1.54, 1.807) is 26.0 Å². The first-order chi connectivity index (χ1) is 18.4. The highest BCUT2D eigenvalue weighted by Gasteiger charge is 2.52. The highest BCUT2D eigenvalue weighted by Crippen LogP contribution is 2.54. The Morgan fingerprint density at radius 3 is 2.17 bits per heavy atom. The maximum Gasteiger partial charge on any atom is 0.433 e. The molecule has 2 atom stereocenters. The number of aliphatic carboxylic acids is 1. The lowest BCUT2D eigenvalue weighted by Crippen LogP contribution is -2.40. The molecule has 2 fully saturated rings. The number of carbonyl (C=O) groups is 3. The van der Waals surface area contributed by atoms with E-state index in [4.69, 9.17) is 23.2 Å². The summed E-state index contributed by atoms with van der Waals surface area (Å²) in [7, 11) is 0. The van der Waals surface area contributed by atoms with E-state index in [-0.39, 0.29) is 59.0 Å². The molecule has 1 heterocycles. The summed E-state index contributed by atoms with van der Waals surface area (Å²) in [6.07, 6.45) is -2.75. The Morgan fingerprint density at radius 1 is 1.15 bits per heavy atom. The van der Waals surface area contributed by atoms with Gasteiger partial charge in [0.05, 0.1) is 38.8 Å². The number of benzene rings is 1. The second-order valence-corrected chi connectivity index (χ2v) is 12.9. The van der Waals surface area contributed by atoms with E-state index in [0.717, 1.165) is 16.4 Å². The number of halogens is 5. The first-order valence-electron chi connectivity index (χ1n) is 13.1. The van der Waals surface area contributed by atoms with Gasteiger partial charge in [-0.25, -0.2) is 0 Å². The van der Waals surface area contributed by atoms with Gasteiger partial charge in [-0.1, -0.05) is 37.0 Å². The minimum atomic E-state index is -4.89. The summed E-state index contributed by atoms with van der Waals surface area (Å²) in [6.45, 7) is 7.27. The maximum atomic E-state index is 14.3. The van der Waals surface area contributed by atoms with Crippen LogP contribution >= 0.6 is 23.2 Å². The number of ketones is 1. The molecule has 2 saturated carbocycles. The summed E-state index contributed by atoms with van der Waals surface area (Å²) in [5, 5.41) is 16.4. The largest absolute Gasteiger partial charge is 0.481 e. The average Bonchev–Trinajstić information content (AvgIpc) is 3.23. The molecular weight excluding hydrogens is 570 g/mol. The summed E-state index contributed by atoms with van der Waals surface area (Å²) in [6, 6.07) is 1.75. The van der Waals surface area contributed by atoms with Gasteiger partial charge in [-0.2, -0.15) is 18.3 Å². The van der Waals surface area contributed by atoms with Crippen molar-refractivity contribution in [2.45, 2.75) is 84.5 Å². The van der Waals surface area contributed by atoms with E-state index in [9.17, 15) is 32.7 Å². The third-order valence-corrected chi connectivity index (χ3v) is 9.09. The van der Waals surface area contributed by atoms with Crippen molar-refractivity contribution < 1.29 is 32.7 Å². The Balaban J connectivity index is 1.59. The minimum Gasteiger partial charge on any atom is -0.481 e. The monoisotopic (exact) mass is 601 g/mol. The van der Waals surface area contributed by atoms with E-state index < -0.39 is 52.6 Å². The second kappa shape index (κ2) is 10.7. The lowest BCUT2D eigenvalue weighted by molar-refractivity contribution is -0.152. The number of carboxylic acids is 1. The number of hydrogen-bond donors (Lipinski definition) is 2. The van der Waals surface area contributed by atoms with E-state index >= 15 is 0 Å². The fraction of sp³-hybridized carbons (Fsp3) is 0.571. The van der Waals surface area contributed by atoms with Crippen molar-refractivity contribution in [3.63, 3.8) is 0 Å². The molecule has 218 valence electrons. The van der Waals surface area contributed by atoms with Crippen LogP contribution in [0.2, 0.25) is 10.0 Å². The third-order valence-electron chi connectivity index (χ3n) is 8.49. The van der Waals surface area contributed by atoms with Crippen molar-refractivity contribution in [1.29, 1.82) is 0 Å².